The molecular weight excluding hydrogens is 291 g/mol. The van der Waals surface area contributed by atoms with E-state index in [1.165, 1.54) is 12.1 Å². The summed E-state index contributed by atoms with van der Waals surface area (Å²) >= 11 is 0. The van der Waals surface area contributed by atoms with E-state index in [0.29, 0.717) is 0 Å². The van der Waals surface area contributed by atoms with Crippen molar-refractivity contribution < 1.29 is 9.18 Å². The maximum Gasteiger partial charge on any atom is 0.223 e. The van der Waals surface area contributed by atoms with Crippen molar-refractivity contribution in [2.24, 2.45) is 11.7 Å². The number of nitrogens with one attached hydrogen (secondary N) is 1. The molecule has 0 heterocycles. The number of halogens is 2. The molecule has 118 valence electrons. The van der Waals surface area contributed by atoms with Gasteiger partial charge in [-0.3, -0.25) is 4.79 Å². The molecule has 2 rings (SSSR count). The summed E-state index contributed by atoms with van der Waals surface area (Å²) in [6, 6.07) is 6.48. The normalized spacial score (nSPS) is 22.3. The number of nitrogens with two attached hydrogens (primary N) is 1. The molecule has 21 heavy (non-hydrogen) atoms. The Balaban J connectivity index is 0.00000220. The maximum absolute atomic E-state index is 13.3. The van der Waals surface area contributed by atoms with E-state index in [1.807, 2.05) is 19.9 Å². The van der Waals surface area contributed by atoms with Crippen LogP contribution in [0.5, 0.6) is 0 Å². The standard InChI is InChI=1S/C16H23FN2O.ClH/c1-16(2,12-6-4-7-13(17)10-12)19-15(20)11-5-3-8-14(18)9-11;/h4,6-7,10-11,14H,3,5,8-9,18H2,1-2H3,(H,19,20);1H. The van der Waals surface area contributed by atoms with Gasteiger partial charge in [-0.1, -0.05) is 18.6 Å². The Morgan fingerprint density at radius 3 is 2.71 bits per heavy atom. The highest BCUT2D eigenvalue weighted by atomic mass is 35.5. The number of rotatable bonds is 3. The number of amides is 1. The Kier molecular flexibility index (Phi) is 6.17. The molecule has 0 spiro atoms. The quantitative estimate of drug-likeness (QED) is 0.900. The van der Waals surface area contributed by atoms with Gasteiger partial charge >= 0.3 is 0 Å². The molecule has 0 aliphatic heterocycles. The summed E-state index contributed by atoms with van der Waals surface area (Å²) in [5, 5.41) is 3.03. The highest BCUT2D eigenvalue weighted by Crippen LogP contribution is 2.26. The van der Waals surface area contributed by atoms with Crippen molar-refractivity contribution in [3.05, 3.63) is 35.6 Å². The number of carbonyl (C=O) groups excluding carboxylic acids is 1. The fourth-order valence-corrected chi connectivity index (χ4v) is 2.83. The van der Waals surface area contributed by atoms with Crippen LogP contribution in [0.1, 0.15) is 45.1 Å². The Hall–Kier alpha value is -1.13. The Morgan fingerprint density at radius 2 is 2.10 bits per heavy atom. The zero-order valence-corrected chi connectivity index (χ0v) is 13.4. The van der Waals surface area contributed by atoms with E-state index in [0.717, 1.165) is 31.2 Å². The van der Waals surface area contributed by atoms with Crippen molar-refractivity contribution >= 4 is 18.3 Å². The minimum absolute atomic E-state index is 0. The van der Waals surface area contributed by atoms with Crippen molar-refractivity contribution in [1.82, 2.24) is 5.32 Å². The van der Waals surface area contributed by atoms with Crippen LogP contribution >= 0.6 is 12.4 Å². The third-order valence-electron chi connectivity index (χ3n) is 4.07. The lowest BCUT2D eigenvalue weighted by molar-refractivity contribution is -0.127. The molecule has 0 saturated heterocycles. The zero-order chi connectivity index (χ0) is 14.8. The number of hydrogen-bond donors (Lipinski definition) is 2. The summed E-state index contributed by atoms with van der Waals surface area (Å²) in [5.74, 6) is -0.287. The first-order chi connectivity index (χ1) is 9.38. The van der Waals surface area contributed by atoms with Gasteiger partial charge in [0.1, 0.15) is 5.82 Å². The summed E-state index contributed by atoms with van der Waals surface area (Å²) < 4.78 is 13.3. The molecular formula is C16H24ClFN2O. The molecule has 2 unspecified atom stereocenters. The van der Waals surface area contributed by atoms with Crippen LogP contribution < -0.4 is 11.1 Å². The molecule has 1 saturated carbocycles. The molecule has 1 fully saturated rings. The summed E-state index contributed by atoms with van der Waals surface area (Å²) in [6.45, 7) is 3.78. The van der Waals surface area contributed by atoms with Gasteiger partial charge in [0.25, 0.3) is 0 Å². The lowest BCUT2D eigenvalue weighted by Crippen LogP contribution is -2.46. The maximum atomic E-state index is 13.3. The van der Waals surface area contributed by atoms with Crippen LogP contribution in [0.25, 0.3) is 0 Å². The Labute approximate surface area is 131 Å². The molecule has 1 aromatic rings. The SMILES string of the molecule is CC(C)(NC(=O)C1CCCC(N)C1)c1cccc(F)c1.Cl. The van der Waals surface area contributed by atoms with E-state index >= 15 is 0 Å². The van der Waals surface area contributed by atoms with Gasteiger partial charge in [0.05, 0.1) is 5.54 Å². The second-order valence-electron chi connectivity index (χ2n) is 6.25. The minimum atomic E-state index is -0.583. The van der Waals surface area contributed by atoms with E-state index in [1.54, 1.807) is 6.07 Å². The van der Waals surface area contributed by atoms with E-state index < -0.39 is 5.54 Å². The summed E-state index contributed by atoms with van der Waals surface area (Å²) in [6.07, 6.45) is 3.63. The molecule has 5 heteroatoms. The second-order valence-corrected chi connectivity index (χ2v) is 6.25. The fraction of sp³-hybridized carbons (Fsp3) is 0.562. The average Bonchev–Trinajstić information content (AvgIpc) is 2.38. The van der Waals surface area contributed by atoms with Crippen LogP contribution in [-0.4, -0.2) is 11.9 Å². The average molecular weight is 315 g/mol. The highest BCUT2D eigenvalue weighted by molar-refractivity contribution is 5.85. The van der Waals surface area contributed by atoms with Crippen LogP contribution in [0, 0.1) is 11.7 Å². The lowest BCUT2D eigenvalue weighted by atomic mass is 9.84. The fourth-order valence-electron chi connectivity index (χ4n) is 2.83. The molecule has 0 radical (unpaired) electrons. The van der Waals surface area contributed by atoms with E-state index in [9.17, 15) is 9.18 Å². The largest absolute Gasteiger partial charge is 0.347 e. The Morgan fingerprint density at radius 1 is 1.38 bits per heavy atom. The van der Waals surface area contributed by atoms with Gasteiger partial charge in [0, 0.05) is 12.0 Å². The van der Waals surface area contributed by atoms with Crippen LogP contribution in [0.4, 0.5) is 4.39 Å². The van der Waals surface area contributed by atoms with Crippen molar-refractivity contribution in [2.45, 2.75) is 51.1 Å². The van der Waals surface area contributed by atoms with Crippen molar-refractivity contribution in [3.63, 3.8) is 0 Å². The van der Waals surface area contributed by atoms with Gasteiger partial charge < -0.3 is 11.1 Å². The van der Waals surface area contributed by atoms with Crippen molar-refractivity contribution in [3.8, 4) is 0 Å². The molecule has 2 atom stereocenters. The third kappa shape index (κ3) is 4.68. The van der Waals surface area contributed by atoms with Gasteiger partial charge in [-0.25, -0.2) is 4.39 Å². The molecule has 1 aliphatic carbocycles. The lowest BCUT2D eigenvalue weighted by Gasteiger charge is -2.32. The second kappa shape index (κ2) is 7.23. The molecule has 0 bridgehead atoms. The molecule has 3 nitrogen and oxygen atoms in total. The van der Waals surface area contributed by atoms with Crippen molar-refractivity contribution in [1.29, 1.82) is 0 Å². The molecule has 1 aliphatic rings. The van der Waals surface area contributed by atoms with Gasteiger partial charge in [0.15, 0.2) is 0 Å². The summed E-state index contributed by atoms with van der Waals surface area (Å²) in [7, 11) is 0. The van der Waals surface area contributed by atoms with Gasteiger partial charge in [-0.05, 0) is 50.8 Å². The first-order valence-electron chi connectivity index (χ1n) is 7.22. The van der Waals surface area contributed by atoms with Crippen molar-refractivity contribution in [2.75, 3.05) is 0 Å². The van der Waals surface area contributed by atoms with Gasteiger partial charge in [-0.2, -0.15) is 0 Å². The third-order valence-corrected chi connectivity index (χ3v) is 4.07. The van der Waals surface area contributed by atoms with Crippen LogP contribution in [0.15, 0.2) is 24.3 Å². The first-order valence-corrected chi connectivity index (χ1v) is 7.22. The molecule has 1 aromatic carbocycles. The topological polar surface area (TPSA) is 55.1 Å². The van der Waals surface area contributed by atoms with Crippen LogP contribution in [-0.2, 0) is 10.3 Å². The number of benzene rings is 1. The zero-order valence-electron chi connectivity index (χ0n) is 12.6. The smallest absolute Gasteiger partial charge is 0.223 e. The van der Waals surface area contributed by atoms with E-state index in [4.69, 9.17) is 5.73 Å². The van der Waals surface area contributed by atoms with Crippen LogP contribution in [0.3, 0.4) is 0 Å². The molecule has 1 amide bonds. The highest BCUT2D eigenvalue weighted by Gasteiger charge is 2.30. The van der Waals surface area contributed by atoms with E-state index in [-0.39, 0.29) is 36.1 Å². The van der Waals surface area contributed by atoms with Crippen LogP contribution in [0.2, 0.25) is 0 Å². The summed E-state index contributed by atoms with van der Waals surface area (Å²) in [5.41, 5.74) is 6.11. The number of carbonyl (C=O) groups is 1. The minimum Gasteiger partial charge on any atom is -0.347 e. The first kappa shape index (κ1) is 17.9. The van der Waals surface area contributed by atoms with E-state index in [2.05, 4.69) is 5.32 Å². The molecule has 3 N–H and O–H groups in total. The predicted octanol–water partition coefficient (Wildman–Crippen LogP) is 3.12. The van der Waals surface area contributed by atoms with Gasteiger partial charge in [0.2, 0.25) is 5.91 Å². The monoisotopic (exact) mass is 314 g/mol. The van der Waals surface area contributed by atoms with Gasteiger partial charge in [-0.15, -0.1) is 12.4 Å². The number of hydrogen-bond acceptors (Lipinski definition) is 2. The predicted molar refractivity (Wildman–Crippen MR) is 84.8 cm³/mol. The summed E-state index contributed by atoms with van der Waals surface area (Å²) in [4.78, 5) is 12.4. The molecule has 0 aromatic heterocycles. The Bertz CT molecular complexity index is 493.